The van der Waals surface area contributed by atoms with Gasteiger partial charge in [0, 0.05) is 0 Å². The summed E-state index contributed by atoms with van der Waals surface area (Å²) in [6.45, 7) is 0. The van der Waals surface area contributed by atoms with Gasteiger partial charge in [-0.05, 0) is 78.9 Å². The van der Waals surface area contributed by atoms with E-state index in [2.05, 4.69) is 150 Å². The SMILES string of the molecule is c1cc(-n2c3ccccc3n3c4ccccc4nc23)cc(-n2c3nc4ccccc4n3c3ccccc3n3c4ccccc4nc23)c1. The fourth-order valence-corrected chi connectivity index (χ4v) is 7.34. The number of imidazole rings is 4. The van der Waals surface area contributed by atoms with Crippen molar-refractivity contribution in [3.8, 4) is 11.4 Å². The highest BCUT2D eigenvalue weighted by atomic mass is 15.3. The largest absolute Gasteiger partial charge is 0.278 e. The zero-order valence-corrected chi connectivity index (χ0v) is 24.9. The molecule has 0 fully saturated rings. The molecular formula is C39H24N8. The summed E-state index contributed by atoms with van der Waals surface area (Å²) in [5.41, 5.74) is 12.2. The van der Waals surface area contributed by atoms with E-state index in [1.165, 1.54) is 0 Å². The van der Waals surface area contributed by atoms with Crippen LogP contribution in [0.15, 0.2) is 146 Å². The van der Waals surface area contributed by atoms with Gasteiger partial charge < -0.3 is 0 Å². The van der Waals surface area contributed by atoms with Crippen molar-refractivity contribution in [2.24, 2.45) is 0 Å². The summed E-state index contributed by atoms with van der Waals surface area (Å²) in [5, 5.41) is 0. The molecule has 5 heterocycles. The first-order valence-corrected chi connectivity index (χ1v) is 15.7. The van der Waals surface area contributed by atoms with Gasteiger partial charge >= 0.3 is 0 Å². The highest BCUT2D eigenvalue weighted by Crippen LogP contribution is 2.32. The fourth-order valence-electron chi connectivity index (χ4n) is 7.34. The molecule has 0 aliphatic rings. The molecule has 0 atom stereocenters. The predicted molar refractivity (Wildman–Crippen MR) is 188 cm³/mol. The second-order valence-electron chi connectivity index (χ2n) is 11.9. The lowest BCUT2D eigenvalue weighted by Gasteiger charge is -2.11. The number of hydrogen-bond donors (Lipinski definition) is 0. The van der Waals surface area contributed by atoms with Crippen LogP contribution < -0.4 is 0 Å². The van der Waals surface area contributed by atoms with Gasteiger partial charge in [-0.3, -0.25) is 17.8 Å². The minimum Gasteiger partial charge on any atom is -0.278 e. The highest BCUT2D eigenvalue weighted by Gasteiger charge is 2.21. The van der Waals surface area contributed by atoms with Gasteiger partial charge in [0.25, 0.3) is 0 Å². The first kappa shape index (κ1) is 24.6. The van der Waals surface area contributed by atoms with Gasteiger partial charge in [0.2, 0.25) is 17.3 Å². The van der Waals surface area contributed by atoms with E-state index in [0.717, 1.165) is 83.9 Å². The number of hydrogen-bond acceptors (Lipinski definition) is 3. The maximum atomic E-state index is 5.27. The molecule has 0 spiro atoms. The van der Waals surface area contributed by atoms with Crippen molar-refractivity contribution in [3.05, 3.63) is 146 Å². The molecule has 0 aliphatic heterocycles. The van der Waals surface area contributed by atoms with Crippen molar-refractivity contribution >= 4 is 72.5 Å². The molecule has 0 unspecified atom stereocenters. The van der Waals surface area contributed by atoms with Crippen LogP contribution in [0.2, 0.25) is 0 Å². The molecule has 0 N–H and O–H groups in total. The van der Waals surface area contributed by atoms with Crippen molar-refractivity contribution < 1.29 is 0 Å². The molecule has 0 bridgehead atoms. The van der Waals surface area contributed by atoms with Gasteiger partial charge in [0.05, 0.1) is 66.5 Å². The number of nitrogens with zero attached hydrogens (tertiary/aromatic N) is 8. The molecule has 0 aliphatic carbocycles. The molecule has 0 saturated carbocycles. The summed E-state index contributed by atoms with van der Waals surface area (Å²) in [6, 6.07) is 50.5. The summed E-state index contributed by atoms with van der Waals surface area (Å²) in [4.78, 5) is 15.7. The van der Waals surface area contributed by atoms with Gasteiger partial charge in [-0.25, -0.2) is 19.5 Å². The Labute approximate surface area is 266 Å². The molecule has 6 aromatic carbocycles. The quantitative estimate of drug-likeness (QED) is 0.199. The molecule has 8 nitrogen and oxygen atoms in total. The number of fused-ring (bicyclic) bond motifs is 14. The second kappa shape index (κ2) is 8.95. The van der Waals surface area contributed by atoms with Crippen molar-refractivity contribution in [3.63, 3.8) is 0 Å². The van der Waals surface area contributed by atoms with Crippen LogP contribution >= 0.6 is 0 Å². The molecule has 8 heteroatoms. The normalized spacial score (nSPS) is 12.3. The lowest BCUT2D eigenvalue weighted by atomic mass is 10.2. The van der Waals surface area contributed by atoms with Crippen LogP contribution in [0.25, 0.3) is 83.9 Å². The Balaban J connectivity index is 1.32. The van der Waals surface area contributed by atoms with Gasteiger partial charge in [0.1, 0.15) is 0 Å². The summed E-state index contributed by atoms with van der Waals surface area (Å²) >= 11 is 0. The highest BCUT2D eigenvalue weighted by molar-refractivity contribution is 5.94. The Hall–Kier alpha value is -6.67. The van der Waals surface area contributed by atoms with E-state index in [9.17, 15) is 0 Å². The Morgan fingerprint density at radius 3 is 1.11 bits per heavy atom. The molecule has 0 amide bonds. The lowest BCUT2D eigenvalue weighted by molar-refractivity contribution is 1.02. The van der Waals surface area contributed by atoms with Gasteiger partial charge in [-0.15, -0.1) is 0 Å². The average molecular weight is 605 g/mol. The minimum absolute atomic E-state index is 0.777. The molecule has 47 heavy (non-hydrogen) atoms. The maximum absolute atomic E-state index is 5.27. The molecule has 5 aromatic heterocycles. The number of rotatable bonds is 2. The van der Waals surface area contributed by atoms with E-state index in [-0.39, 0.29) is 0 Å². The first-order chi connectivity index (χ1) is 23.3. The number of para-hydroxylation sites is 10. The third-order valence-corrected chi connectivity index (χ3v) is 9.30. The molecule has 11 aromatic rings. The van der Waals surface area contributed by atoms with E-state index in [4.69, 9.17) is 15.0 Å². The smallest absolute Gasteiger partial charge is 0.223 e. The van der Waals surface area contributed by atoms with Crippen molar-refractivity contribution in [1.29, 1.82) is 0 Å². The third kappa shape index (κ3) is 3.23. The lowest BCUT2D eigenvalue weighted by Crippen LogP contribution is -2.04. The van der Waals surface area contributed by atoms with Crippen LogP contribution in [0.1, 0.15) is 0 Å². The molecule has 220 valence electrons. The topological polar surface area (TPSA) is 61.8 Å². The third-order valence-electron chi connectivity index (χ3n) is 9.30. The fraction of sp³-hybridized carbons (Fsp3) is 0. The standard InChI is InChI=1S/C39H24N8/c1-4-17-30-27(14-1)40-37-43(33-20-7-8-21-34(33)45(30)37)25-12-11-13-26(24-25)44-38-41-28-15-2-5-18-31(28)46(38)35-22-9-10-23-36(35)47-32-19-6-3-16-29(32)42-39(44)47/h1-24H. The van der Waals surface area contributed by atoms with Crippen LogP contribution in [0.4, 0.5) is 0 Å². The Kier molecular flexibility index (Phi) is 4.69. The van der Waals surface area contributed by atoms with E-state index in [0.29, 0.717) is 0 Å². The van der Waals surface area contributed by atoms with E-state index in [1.54, 1.807) is 0 Å². The summed E-state index contributed by atoms with van der Waals surface area (Å²) in [6.07, 6.45) is 0. The van der Waals surface area contributed by atoms with E-state index in [1.807, 2.05) is 18.2 Å². The average Bonchev–Trinajstić information content (AvgIpc) is 3.85. The van der Waals surface area contributed by atoms with Gasteiger partial charge in [-0.1, -0.05) is 66.7 Å². The van der Waals surface area contributed by atoms with Crippen LogP contribution in [0.5, 0.6) is 0 Å². The molecule has 0 radical (unpaired) electrons. The maximum Gasteiger partial charge on any atom is 0.223 e. The number of benzene rings is 6. The molecule has 0 saturated heterocycles. The predicted octanol–water partition coefficient (Wildman–Crippen LogP) is 8.54. The van der Waals surface area contributed by atoms with Crippen LogP contribution in [-0.4, -0.2) is 37.3 Å². The molecular weight excluding hydrogens is 580 g/mol. The van der Waals surface area contributed by atoms with Crippen molar-refractivity contribution in [1.82, 2.24) is 37.3 Å². The monoisotopic (exact) mass is 604 g/mol. The van der Waals surface area contributed by atoms with Crippen molar-refractivity contribution in [2.45, 2.75) is 0 Å². The summed E-state index contributed by atoms with van der Waals surface area (Å²) in [7, 11) is 0. The summed E-state index contributed by atoms with van der Waals surface area (Å²) < 4.78 is 11.2. The second-order valence-corrected chi connectivity index (χ2v) is 11.9. The Bertz CT molecular complexity index is 2980. The molecule has 11 rings (SSSR count). The zero-order chi connectivity index (χ0) is 30.6. The Morgan fingerprint density at radius 1 is 0.298 bits per heavy atom. The van der Waals surface area contributed by atoms with E-state index >= 15 is 0 Å². The Morgan fingerprint density at radius 2 is 0.638 bits per heavy atom. The number of aromatic nitrogens is 8. The zero-order valence-electron chi connectivity index (χ0n) is 24.9. The summed E-state index contributed by atoms with van der Waals surface area (Å²) in [5.74, 6) is 2.42. The van der Waals surface area contributed by atoms with E-state index < -0.39 is 0 Å². The van der Waals surface area contributed by atoms with Crippen LogP contribution in [0, 0.1) is 0 Å². The van der Waals surface area contributed by atoms with Gasteiger partial charge in [0.15, 0.2) is 0 Å². The van der Waals surface area contributed by atoms with Gasteiger partial charge in [-0.2, -0.15) is 0 Å². The van der Waals surface area contributed by atoms with Crippen LogP contribution in [-0.2, 0) is 0 Å². The van der Waals surface area contributed by atoms with Crippen molar-refractivity contribution in [2.75, 3.05) is 0 Å². The minimum atomic E-state index is 0.777. The van der Waals surface area contributed by atoms with Crippen LogP contribution in [0.3, 0.4) is 0 Å². The first-order valence-electron chi connectivity index (χ1n) is 15.7.